The van der Waals surface area contributed by atoms with Crippen LogP contribution in [-0.2, 0) is 11.3 Å². The Morgan fingerprint density at radius 2 is 2.08 bits per heavy atom. The van der Waals surface area contributed by atoms with Crippen molar-refractivity contribution in [3.8, 4) is 0 Å². The van der Waals surface area contributed by atoms with Crippen LogP contribution >= 0.6 is 0 Å². The monoisotopic (exact) mass is 176 g/mol. The molecule has 2 rings (SSSR count). The van der Waals surface area contributed by atoms with E-state index in [0.29, 0.717) is 6.42 Å². The lowest BCUT2D eigenvalue weighted by molar-refractivity contribution is -0.144. The van der Waals surface area contributed by atoms with Gasteiger partial charge in [-0.15, -0.1) is 0 Å². The van der Waals surface area contributed by atoms with E-state index in [0.717, 1.165) is 13.1 Å². The molecule has 68 valence electrons. The molecular weight excluding hydrogens is 164 g/mol. The Bertz CT molecular complexity index is 297. The van der Waals surface area contributed by atoms with Crippen molar-refractivity contribution in [1.82, 2.24) is 10.4 Å². The molecule has 1 aromatic rings. The molecule has 1 N–H and O–H groups in total. The molecule has 0 atom stereocenters. The molecule has 1 fully saturated rings. The zero-order chi connectivity index (χ0) is 9.10. The lowest BCUT2D eigenvalue weighted by Gasteiger charge is -2.30. The number of hydrazine groups is 1. The molecule has 0 aromatic heterocycles. The fourth-order valence-electron chi connectivity index (χ4n) is 1.26. The molecule has 0 unspecified atom stereocenters. The summed E-state index contributed by atoms with van der Waals surface area (Å²) in [6, 6.07) is 10.1. The van der Waals surface area contributed by atoms with Gasteiger partial charge in [-0.05, 0) is 5.56 Å². The van der Waals surface area contributed by atoms with E-state index in [4.69, 9.17) is 0 Å². The standard InChI is InChI=1S/C10H12N2O/c13-10-6-7-12(10)11-8-9-4-2-1-3-5-9/h1-5,11H,6-8H2. The zero-order valence-electron chi connectivity index (χ0n) is 7.36. The topological polar surface area (TPSA) is 32.3 Å². The molecule has 1 aliphatic rings. The minimum atomic E-state index is 0.191. The normalized spacial score (nSPS) is 15.7. The van der Waals surface area contributed by atoms with E-state index in [9.17, 15) is 4.79 Å². The number of rotatable bonds is 3. The quantitative estimate of drug-likeness (QED) is 0.695. The lowest BCUT2D eigenvalue weighted by atomic mass is 10.2. The smallest absolute Gasteiger partial charge is 0.238 e. The first kappa shape index (κ1) is 8.26. The van der Waals surface area contributed by atoms with Crippen molar-refractivity contribution in [3.63, 3.8) is 0 Å². The highest BCUT2D eigenvalue weighted by atomic mass is 16.2. The summed E-state index contributed by atoms with van der Waals surface area (Å²) in [4.78, 5) is 10.9. The van der Waals surface area contributed by atoms with E-state index in [1.54, 1.807) is 5.01 Å². The van der Waals surface area contributed by atoms with Crippen molar-refractivity contribution in [1.29, 1.82) is 0 Å². The number of carbonyl (C=O) groups is 1. The van der Waals surface area contributed by atoms with Crippen LogP contribution in [0.3, 0.4) is 0 Å². The van der Waals surface area contributed by atoms with Crippen LogP contribution in [-0.4, -0.2) is 17.5 Å². The molecule has 0 saturated carbocycles. The third-order valence-corrected chi connectivity index (χ3v) is 2.17. The van der Waals surface area contributed by atoms with Crippen molar-refractivity contribution >= 4 is 5.91 Å². The highest BCUT2D eigenvalue weighted by molar-refractivity contribution is 5.81. The molecule has 3 nitrogen and oxygen atoms in total. The number of hydrogen-bond donors (Lipinski definition) is 1. The van der Waals surface area contributed by atoms with Crippen LogP contribution in [0.1, 0.15) is 12.0 Å². The van der Waals surface area contributed by atoms with Gasteiger partial charge in [0.15, 0.2) is 0 Å². The number of benzene rings is 1. The number of hydrogen-bond acceptors (Lipinski definition) is 2. The maximum absolute atomic E-state index is 10.9. The zero-order valence-corrected chi connectivity index (χ0v) is 7.36. The predicted octanol–water partition coefficient (Wildman–Crippen LogP) is 0.923. The summed E-state index contributed by atoms with van der Waals surface area (Å²) < 4.78 is 0. The first-order valence-corrected chi connectivity index (χ1v) is 4.44. The number of β-lactam (4-membered cyclic amide) rings is 1. The number of carbonyl (C=O) groups excluding carboxylic acids is 1. The second kappa shape index (κ2) is 3.58. The fraction of sp³-hybridized carbons (Fsp3) is 0.300. The average Bonchev–Trinajstić information content (AvgIpc) is 2.17. The molecule has 1 heterocycles. The summed E-state index contributed by atoms with van der Waals surface area (Å²) in [5, 5.41) is 1.66. The maximum Gasteiger partial charge on any atom is 0.238 e. The van der Waals surface area contributed by atoms with Gasteiger partial charge in [-0.2, -0.15) is 0 Å². The SMILES string of the molecule is O=C1CCN1NCc1ccccc1. The maximum atomic E-state index is 10.9. The third-order valence-electron chi connectivity index (χ3n) is 2.17. The molecule has 0 bridgehead atoms. The van der Waals surface area contributed by atoms with Gasteiger partial charge < -0.3 is 0 Å². The van der Waals surface area contributed by atoms with E-state index in [1.165, 1.54) is 5.56 Å². The van der Waals surface area contributed by atoms with Crippen LogP contribution in [0.4, 0.5) is 0 Å². The molecule has 1 saturated heterocycles. The third kappa shape index (κ3) is 1.87. The van der Waals surface area contributed by atoms with E-state index < -0.39 is 0 Å². The predicted molar refractivity (Wildman–Crippen MR) is 49.6 cm³/mol. The summed E-state index contributed by atoms with van der Waals surface area (Å²) in [6.07, 6.45) is 0.682. The minimum absolute atomic E-state index is 0.191. The Labute approximate surface area is 77.3 Å². The largest absolute Gasteiger partial charge is 0.277 e. The van der Waals surface area contributed by atoms with E-state index in [2.05, 4.69) is 5.43 Å². The van der Waals surface area contributed by atoms with Crippen molar-refractivity contribution < 1.29 is 4.79 Å². The van der Waals surface area contributed by atoms with Gasteiger partial charge >= 0.3 is 0 Å². The van der Waals surface area contributed by atoms with Gasteiger partial charge in [-0.1, -0.05) is 30.3 Å². The molecule has 3 heteroatoms. The highest BCUT2D eigenvalue weighted by Gasteiger charge is 2.22. The van der Waals surface area contributed by atoms with Gasteiger partial charge in [0, 0.05) is 19.5 Å². The molecule has 0 aliphatic carbocycles. The second-order valence-electron chi connectivity index (χ2n) is 3.12. The van der Waals surface area contributed by atoms with Gasteiger partial charge in [-0.25, -0.2) is 5.43 Å². The van der Waals surface area contributed by atoms with Crippen LogP contribution in [0.15, 0.2) is 30.3 Å². The van der Waals surface area contributed by atoms with Crippen molar-refractivity contribution in [2.45, 2.75) is 13.0 Å². The van der Waals surface area contributed by atoms with E-state index in [-0.39, 0.29) is 5.91 Å². The van der Waals surface area contributed by atoms with E-state index >= 15 is 0 Å². The highest BCUT2D eigenvalue weighted by Crippen LogP contribution is 2.05. The first-order valence-electron chi connectivity index (χ1n) is 4.44. The summed E-state index contributed by atoms with van der Waals surface area (Å²) in [6.45, 7) is 1.57. The number of nitrogens with zero attached hydrogens (tertiary/aromatic N) is 1. The summed E-state index contributed by atoms with van der Waals surface area (Å²) >= 11 is 0. The average molecular weight is 176 g/mol. The summed E-state index contributed by atoms with van der Waals surface area (Å²) in [7, 11) is 0. The lowest BCUT2D eigenvalue weighted by Crippen LogP contribution is -2.51. The van der Waals surface area contributed by atoms with Crippen molar-refractivity contribution in [2.24, 2.45) is 0 Å². The first-order chi connectivity index (χ1) is 6.36. The van der Waals surface area contributed by atoms with Gasteiger partial charge in [0.05, 0.1) is 0 Å². The Kier molecular flexibility index (Phi) is 2.27. The Morgan fingerprint density at radius 1 is 1.31 bits per heavy atom. The molecule has 1 amide bonds. The molecule has 13 heavy (non-hydrogen) atoms. The van der Waals surface area contributed by atoms with Crippen LogP contribution in [0, 0.1) is 0 Å². The van der Waals surface area contributed by atoms with E-state index in [1.807, 2.05) is 30.3 Å². The second-order valence-corrected chi connectivity index (χ2v) is 3.12. The van der Waals surface area contributed by atoms with Crippen LogP contribution in [0.25, 0.3) is 0 Å². The number of nitrogens with one attached hydrogen (secondary N) is 1. The van der Waals surface area contributed by atoms with Crippen molar-refractivity contribution in [2.75, 3.05) is 6.54 Å². The Morgan fingerprint density at radius 3 is 2.62 bits per heavy atom. The molecular formula is C10H12N2O. The molecule has 0 radical (unpaired) electrons. The summed E-state index contributed by atoms with van der Waals surface area (Å²) in [5.41, 5.74) is 4.27. The molecule has 1 aliphatic heterocycles. The Hall–Kier alpha value is -1.35. The Balaban J connectivity index is 1.83. The van der Waals surface area contributed by atoms with Crippen molar-refractivity contribution in [3.05, 3.63) is 35.9 Å². The fourth-order valence-corrected chi connectivity index (χ4v) is 1.26. The number of amides is 1. The van der Waals surface area contributed by atoms with Crippen LogP contribution < -0.4 is 5.43 Å². The minimum Gasteiger partial charge on any atom is -0.277 e. The van der Waals surface area contributed by atoms with Gasteiger partial charge in [0.1, 0.15) is 0 Å². The van der Waals surface area contributed by atoms with Gasteiger partial charge in [0.2, 0.25) is 5.91 Å². The summed E-state index contributed by atoms with van der Waals surface area (Å²) in [5.74, 6) is 0.191. The molecule has 0 spiro atoms. The van der Waals surface area contributed by atoms with Crippen LogP contribution in [0.2, 0.25) is 0 Å². The molecule has 1 aromatic carbocycles. The van der Waals surface area contributed by atoms with Gasteiger partial charge in [0.25, 0.3) is 0 Å². The van der Waals surface area contributed by atoms with Gasteiger partial charge in [-0.3, -0.25) is 9.80 Å². The van der Waals surface area contributed by atoms with Crippen LogP contribution in [0.5, 0.6) is 0 Å².